The molecule has 320 valence electrons. The molecule has 0 bridgehead atoms. The number of likely N-dealkylation sites (tertiary alicyclic amines) is 2. The lowest BCUT2D eigenvalue weighted by atomic mass is 9.86. The second kappa shape index (κ2) is 18.8. The number of hydrogen-bond donors (Lipinski definition) is 1. The molecule has 7 aliphatic rings. The van der Waals surface area contributed by atoms with Crippen molar-refractivity contribution in [1.29, 1.82) is 0 Å². The molecule has 2 amide bonds. The Morgan fingerprint density at radius 2 is 1.13 bits per heavy atom. The van der Waals surface area contributed by atoms with Gasteiger partial charge in [-0.3, -0.25) is 0 Å². The highest BCUT2D eigenvalue weighted by Crippen LogP contribution is 2.37. The van der Waals surface area contributed by atoms with Crippen LogP contribution in [-0.4, -0.2) is 125 Å². The average Bonchev–Trinajstić information content (AvgIpc) is 3.92. The van der Waals surface area contributed by atoms with Gasteiger partial charge in [0.15, 0.2) is 0 Å². The Labute approximate surface area is 363 Å². The number of amides is 2. The summed E-state index contributed by atoms with van der Waals surface area (Å²) in [5.41, 5.74) is 4.75. The summed E-state index contributed by atoms with van der Waals surface area (Å²) in [5.74, 6) is 1.95. The Balaban J connectivity index is 0.000000149. The first-order chi connectivity index (χ1) is 29.6. The zero-order chi connectivity index (χ0) is 40.3. The third kappa shape index (κ3) is 9.41. The van der Waals surface area contributed by atoms with Crippen molar-refractivity contribution in [1.82, 2.24) is 34.9 Å². The molecule has 0 atom stereocenters. The number of thiazole rings is 2. The van der Waals surface area contributed by atoms with Crippen molar-refractivity contribution in [2.24, 2.45) is 0 Å². The Bertz CT molecular complexity index is 2000. The zero-order valence-corrected chi connectivity index (χ0v) is 36.7. The third-order valence-corrected chi connectivity index (χ3v) is 15.9. The van der Waals surface area contributed by atoms with Crippen LogP contribution in [0.4, 0.5) is 4.79 Å². The van der Waals surface area contributed by atoms with E-state index < -0.39 is 0 Å². The van der Waals surface area contributed by atoms with Gasteiger partial charge in [-0.1, -0.05) is 12.8 Å². The number of carbonyl (C=O) groups excluding carboxylic acids is 1. The number of fused-ring (bicyclic) bond motifs is 2. The Hall–Kier alpha value is -3.59. The van der Waals surface area contributed by atoms with E-state index in [0.29, 0.717) is 45.1 Å². The van der Waals surface area contributed by atoms with Crippen LogP contribution in [0.3, 0.4) is 0 Å². The lowest BCUT2D eigenvalue weighted by Gasteiger charge is -2.44. The molecule has 3 saturated heterocycles. The maximum Gasteiger partial charge on any atom is 0.320 e. The standard InChI is InChI=1S/C26H34N4O3S.C21H27N3OS/c31-26(29-12-14-32-15-13-29)30-11-8-23-24(18-30)34-25(27-23)19-4-6-21(7-5-19)33-22-16-20(17-22)28-9-2-1-3-10-28;1-2-10-24(11-3-1)16-12-18(13-16)25-17-6-4-15(5-7-17)21-23-19-8-9-22-14-20(19)26-21/h4-7,20,22H,1-3,8-18H2;4-7,16,18,22H,1-3,8-14H2. The van der Waals surface area contributed by atoms with Crippen molar-refractivity contribution in [3.8, 4) is 32.6 Å². The first kappa shape index (κ1) is 40.5. The Morgan fingerprint density at radius 3 is 1.67 bits per heavy atom. The van der Waals surface area contributed by atoms with E-state index in [1.165, 1.54) is 98.6 Å². The molecule has 2 aromatic carbocycles. The van der Waals surface area contributed by atoms with Crippen LogP contribution in [0.5, 0.6) is 11.5 Å². The fraction of sp³-hybridized carbons (Fsp3) is 0.596. The van der Waals surface area contributed by atoms with Crippen LogP contribution in [0.1, 0.15) is 85.4 Å². The maximum absolute atomic E-state index is 12.9. The van der Waals surface area contributed by atoms with Crippen molar-refractivity contribution < 1.29 is 19.0 Å². The molecule has 2 saturated carbocycles. The topological polar surface area (TPSA) is 95.5 Å². The molecule has 0 spiro atoms. The van der Waals surface area contributed by atoms with Crippen molar-refractivity contribution in [2.45, 2.75) is 114 Å². The maximum atomic E-state index is 12.9. The van der Waals surface area contributed by atoms with Crippen LogP contribution in [-0.2, 0) is 30.7 Å². The predicted molar refractivity (Wildman–Crippen MR) is 238 cm³/mol. The quantitative estimate of drug-likeness (QED) is 0.190. The van der Waals surface area contributed by atoms with Crippen molar-refractivity contribution in [3.05, 3.63) is 69.7 Å². The highest BCUT2D eigenvalue weighted by Gasteiger charge is 2.37. The Morgan fingerprint density at radius 1 is 0.617 bits per heavy atom. The number of morpholine rings is 1. The minimum Gasteiger partial charge on any atom is -0.490 e. The zero-order valence-electron chi connectivity index (χ0n) is 35.0. The molecule has 4 aromatic rings. The molecule has 2 aliphatic carbocycles. The van der Waals surface area contributed by atoms with Gasteiger partial charge in [0.05, 0.1) is 31.1 Å². The summed E-state index contributed by atoms with van der Waals surface area (Å²) in [4.78, 5) is 34.4. The van der Waals surface area contributed by atoms with E-state index in [0.717, 1.165) is 90.2 Å². The van der Waals surface area contributed by atoms with Gasteiger partial charge in [0, 0.05) is 104 Å². The van der Waals surface area contributed by atoms with Crippen LogP contribution in [0.15, 0.2) is 48.5 Å². The lowest BCUT2D eigenvalue weighted by Crippen LogP contribution is -2.50. The van der Waals surface area contributed by atoms with Crippen LogP contribution in [0.2, 0.25) is 0 Å². The van der Waals surface area contributed by atoms with E-state index in [4.69, 9.17) is 24.2 Å². The van der Waals surface area contributed by atoms with Gasteiger partial charge in [-0.2, -0.15) is 0 Å². The highest BCUT2D eigenvalue weighted by atomic mass is 32.1. The molecular formula is C47H61N7O4S2. The number of piperidine rings is 2. The normalized spacial score (nSPS) is 25.8. The largest absolute Gasteiger partial charge is 0.490 e. The van der Waals surface area contributed by atoms with E-state index in [-0.39, 0.29) is 6.03 Å². The number of nitrogens with zero attached hydrogens (tertiary/aromatic N) is 6. The van der Waals surface area contributed by atoms with E-state index in [9.17, 15) is 4.79 Å². The van der Waals surface area contributed by atoms with Gasteiger partial charge >= 0.3 is 6.03 Å². The molecule has 0 unspecified atom stereocenters. The molecule has 11 nitrogen and oxygen atoms in total. The molecule has 5 aliphatic heterocycles. The Kier molecular flexibility index (Phi) is 12.7. The molecule has 7 heterocycles. The van der Waals surface area contributed by atoms with Gasteiger partial charge in [0.1, 0.15) is 33.7 Å². The number of urea groups is 1. The highest BCUT2D eigenvalue weighted by molar-refractivity contribution is 7.15. The number of hydrogen-bond acceptors (Lipinski definition) is 11. The fourth-order valence-electron chi connectivity index (χ4n) is 9.85. The number of carbonyl (C=O) groups is 1. The van der Waals surface area contributed by atoms with Gasteiger partial charge in [-0.15, -0.1) is 22.7 Å². The van der Waals surface area contributed by atoms with Crippen molar-refractivity contribution in [2.75, 3.05) is 65.6 Å². The van der Waals surface area contributed by atoms with Gasteiger partial charge in [0.2, 0.25) is 0 Å². The molecule has 11 rings (SSSR count). The number of ether oxygens (including phenoxy) is 3. The number of rotatable bonds is 8. The summed E-state index contributed by atoms with van der Waals surface area (Å²) >= 11 is 3.53. The summed E-state index contributed by atoms with van der Waals surface area (Å²) in [6, 6.07) is 18.6. The second-order valence-corrected chi connectivity index (χ2v) is 19.9. The molecule has 2 aromatic heterocycles. The fourth-order valence-corrected chi connectivity index (χ4v) is 12.1. The summed E-state index contributed by atoms with van der Waals surface area (Å²) in [6.45, 7) is 11.2. The minimum atomic E-state index is 0.129. The monoisotopic (exact) mass is 851 g/mol. The van der Waals surface area contributed by atoms with Gasteiger partial charge < -0.3 is 39.1 Å². The van der Waals surface area contributed by atoms with Crippen LogP contribution in [0.25, 0.3) is 21.1 Å². The molecule has 60 heavy (non-hydrogen) atoms. The molecule has 1 N–H and O–H groups in total. The third-order valence-electron chi connectivity index (χ3n) is 13.6. The lowest BCUT2D eigenvalue weighted by molar-refractivity contribution is 0.00878. The van der Waals surface area contributed by atoms with E-state index in [2.05, 4.69) is 63.6 Å². The average molecular weight is 852 g/mol. The summed E-state index contributed by atoms with van der Waals surface area (Å²) < 4.78 is 17.8. The van der Waals surface area contributed by atoms with E-state index in [1.54, 1.807) is 11.3 Å². The summed E-state index contributed by atoms with van der Waals surface area (Å²) in [6.07, 6.45) is 15.6. The van der Waals surface area contributed by atoms with E-state index >= 15 is 0 Å². The minimum absolute atomic E-state index is 0.129. The number of aromatic nitrogens is 2. The van der Waals surface area contributed by atoms with Crippen molar-refractivity contribution in [3.63, 3.8) is 0 Å². The SMILES string of the molecule is O=C(N1CCOCC1)N1CCc2nc(-c3ccc(OC4CC(N5CCCCC5)C4)cc3)sc2C1.c1cc(-c2nc3c(s2)CNCC3)ccc1OC1CC(N2CCCCC2)C1. The molecular weight excluding hydrogens is 791 g/mol. The predicted octanol–water partition coefficient (Wildman–Crippen LogP) is 7.87. The first-order valence-corrected chi connectivity index (χ1v) is 24.5. The second-order valence-electron chi connectivity index (χ2n) is 17.7. The van der Waals surface area contributed by atoms with Gasteiger partial charge in [0.25, 0.3) is 0 Å². The first-order valence-electron chi connectivity index (χ1n) is 22.9. The summed E-state index contributed by atoms with van der Waals surface area (Å²) in [7, 11) is 0. The number of benzene rings is 2. The van der Waals surface area contributed by atoms with Crippen LogP contribution < -0.4 is 14.8 Å². The molecule has 5 fully saturated rings. The van der Waals surface area contributed by atoms with Crippen molar-refractivity contribution >= 4 is 28.7 Å². The van der Waals surface area contributed by atoms with Gasteiger partial charge in [-0.25, -0.2) is 14.8 Å². The number of nitrogens with one attached hydrogen (secondary N) is 1. The van der Waals surface area contributed by atoms with Crippen LogP contribution in [0, 0.1) is 0 Å². The summed E-state index contributed by atoms with van der Waals surface area (Å²) in [5, 5.41) is 5.59. The smallest absolute Gasteiger partial charge is 0.320 e. The van der Waals surface area contributed by atoms with Crippen LogP contribution >= 0.6 is 22.7 Å². The molecule has 13 heteroatoms. The van der Waals surface area contributed by atoms with E-state index in [1.807, 2.05) is 21.1 Å². The molecule has 0 radical (unpaired) electrons. The van der Waals surface area contributed by atoms with Gasteiger partial charge in [-0.05, 0) is 100 Å².